The van der Waals surface area contributed by atoms with Gasteiger partial charge in [-0.2, -0.15) is 0 Å². The largest absolute Gasteiger partial charge is 0.330 e. The molecule has 2 aliphatic carbocycles. The minimum Gasteiger partial charge on any atom is -0.330 e. The molecule has 1 fully saturated rings. The Hall–Kier alpha value is -0.790. The summed E-state index contributed by atoms with van der Waals surface area (Å²) in [6.45, 7) is 0.715. The molecule has 2 heteroatoms. The molecular formula is C14H16ClN. The van der Waals surface area contributed by atoms with Crippen LogP contribution >= 0.6 is 11.6 Å². The molecule has 3 rings (SSSR count). The van der Waals surface area contributed by atoms with Crippen LogP contribution in [0.4, 0.5) is 0 Å². The summed E-state index contributed by atoms with van der Waals surface area (Å²) in [5.74, 6) is 1.65. The van der Waals surface area contributed by atoms with Crippen molar-refractivity contribution >= 4 is 17.2 Å². The molecule has 0 spiro atoms. The maximum atomic E-state index is 6.10. The average Bonchev–Trinajstić information content (AvgIpc) is 3.03. The van der Waals surface area contributed by atoms with Gasteiger partial charge in [-0.1, -0.05) is 23.7 Å². The Morgan fingerprint density at radius 3 is 3.06 bits per heavy atom. The van der Waals surface area contributed by atoms with Crippen molar-refractivity contribution in [2.24, 2.45) is 11.7 Å². The van der Waals surface area contributed by atoms with Crippen LogP contribution in [0.5, 0.6) is 0 Å². The van der Waals surface area contributed by atoms with E-state index in [9.17, 15) is 0 Å². The number of fused-ring (bicyclic) bond motifs is 3. The molecule has 0 amide bonds. The van der Waals surface area contributed by atoms with Gasteiger partial charge >= 0.3 is 0 Å². The summed E-state index contributed by atoms with van der Waals surface area (Å²) >= 11 is 6.10. The molecule has 0 aromatic heterocycles. The van der Waals surface area contributed by atoms with Crippen LogP contribution in [-0.2, 0) is 0 Å². The first kappa shape index (κ1) is 10.4. The van der Waals surface area contributed by atoms with Crippen molar-refractivity contribution in [1.29, 1.82) is 0 Å². The zero-order valence-corrected chi connectivity index (χ0v) is 10.0. The van der Waals surface area contributed by atoms with E-state index in [4.69, 9.17) is 17.3 Å². The standard InChI is InChI=1S/C14H16ClN/c15-11-3-4-12-13-7-10(13)2-1-9(5-6-16)14(12)8-11/h1,3-4,8,10,13H,2,5-7,16H2. The third-order valence-corrected chi connectivity index (χ3v) is 4.00. The lowest BCUT2D eigenvalue weighted by atomic mass is 9.95. The highest BCUT2D eigenvalue weighted by Gasteiger charge is 2.40. The second kappa shape index (κ2) is 3.90. The zero-order chi connectivity index (χ0) is 11.1. The number of hydrogen-bond acceptors (Lipinski definition) is 1. The lowest BCUT2D eigenvalue weighted by molar-refractivity contribution is 0.826. The molecule has 0 saturated heterocycles. The van der Waals surface area contributed by atoms with Gasteiger partial charge in [-0.05, 0) is 66.5 Å². The molecule has 1 aromatic rings. The number of allylic oxidation sites excluding steroid dienone is 1. The van der Waals surface area contributed by atoms with Crippen LogP contribution in [0.25, 0.3) is 5.57 Å². The van der Waals surface area contributed by atoms with E-state index in [-0.39, 0.29) is 0 Å². The van der Waals surface area contributed by atoms with Crippen LogP contribution < -0.4 is 5.73 Å². The van der Waals surface area contributed by atoms with Gasteiger partial charge in [0.05, 0.1) is 0 Å². The number of rotatable bonds is 2. The summed E-state index contributed by atoms with van der Waals surface area (Å²) in [6.07, 6.45) is 5.90. The predicted octanol–water partition coefficient (Wildman–Crippen LogP) is 3.58. The molecule has 0 radical (unpaired) electrons. The Morgan fingerprint density at radius 1 is 1.38 bits per heavy atom. The molecule has 16 heavy (non-hydrogen) atoms. The van der Waals surface area contributed by atoms with Gasteiger partial charge in [-0.3, -0.25) is 0 Å². The van der Waals surface area contributed by atoms with Crippen molar-refractivity contribution in [1.82, 2.24) is 0 Å². The Balaban J connectivity index is 2.08. The maximum absolute atomic E-state index is 6.10. The molecule has 1 aromatic carbocycles. The summed E-state index contributed by atoms with van der Waals surface area (Å²) in [4.78, 5) is 0. The van der Waals surface area contributed by atoms with Crippen LogP contribution in [0.15, 0.2) is 24.3 Å². The quantitative estimate of drug-likeness (QED) is 0.830. The number of benzene rings is 1. The molecule has 0 heterocycles. The van der Waals surface area contributed by atoms with Crippen LogP contribution in [0, 0.1) is 5.92 Å². The van der Waals surface area contributed by atoms with Crippen molar-refractivity contribution in [2.45, 2.75) is 25.2 Å². The van der Waals surface area contributed by atoms with Gasteiger partial charge in [0.25, 0.3) is 0 Å². The Bertz CT molecular complexity index is 450. The van der Waals surface area contributed by atoms with Gasteiger partial charge in [0, 0.05) is 5.02 Å². The van der Waals surface area contributed by atoms with Crippen LogP contribution in [-0.4, -0.2) is 6.54 Å². The van der Waals surface area contributed by atoms with Crippen LogP contribution in [0.1, 0.15) is 36.3 Å². The van der Waals surface area contributed by atoms with E-state index < -0.39 is 0 Å². The first-order chi connectivity index (χ1) is 7.79. The second-order valence-corrected chi connectivity index (χ2v) is 5.27. The highest BCUT2D eigenvalue weighted by molar-refractivity contribution is 6.30. The zero-order valence-electron chi connectivity index (χ0n) is 9.25. The minimum absolute atomic E-state index is 0.715. The van der Waals surface area contributed by atoms with Crippen LogP contribution in [0.2, 0.25) is 5.02 Å². The molecule has 2 aliphatic rings. The fraction of sp³-hybridized carbons (Fsp3) is 0.429. The Morgan fingerprint density at radius 2 is 2.25 bits per heavy atom. The van der Waals surface area contributed by atoms with Crippen molar-refractivity contribution < 1.29 is 0 Å². The van der Waals surface area contributed by atoms with E-state index in [2.05, 4.69) is 18.2 Å². The highest BCUT2D eigenvalue weighted by atomic mass is 35.5. The first-order valence-corrected chi connectivity index (χ1v) is 6.36. The second-order valence-electron chi connectivity index (χ2n) is 4.84. The molecule has 84 valence electrons. The molecule has 2 atom stereocenters. The van der Waals surface area contributed by atoms with Crippen LogP contribution in [0.3, 0.4) is 0 Å². The first-order valence-electron chi connectivity index (χ1n) is 5.98. The highest BCUT2D eigenvalue weighted by Crippen LogP contribution is 2.54. The van der Waals surface area contributed by atoms with E-state index in [0.717, 1.165) is 23.3 Å². The van der Waals surface area contributed by atoms with Gasteiger partial charge in [0.1, 0.15) is 0 Å². The van der Waals surface area contributed by atoms with Crippen molar-refractivity contribution in [3.63, 3.8) is 0 Å². The van der Waals surface area contributed by atoms with Gasteiger partial charge in [-0.15, -0.1) is 0 Å². The van der Waals surface area contributed by atoms with Crippen molar-refractivity contribution in [2.75, 3.05) is 6.54 Å². The smallest absolute Gasteiger partial charge is 0.0412 e. The van der Waals surface area contributed by atoms with Gasteiger partial charge in [-0.25, -0.2) is 0 Å². The van der Waals surface area contributed by atoms with E-state index in [1.54, 1.807) is 0 Å². The van der Waals surface area contributed by atoms with E-state index in [1.807, 2.05) is 6.07 Å². The Kier molecular flexibility index (Phi) is 2.53. The fourth-order valence-corrected chi connectivity index (χ4v) is 2.99. The third kappa shape index (κ3) is 1.68. The fourth-order valence-electron chi connectivity index (χ4n) is 2.81. The third-order valence-electron chi connectivity index (χ3n) is 3.76. The van der Waals surface area contributed by atoms with E-state index >= 15 is 0 Å². The Labute approximate surface area is 101 Å². The molecule has 1 saturated carbocycles. The molecule has 1 nitrogen and oxygen atoms in total. The summed E-state index contributed by atoms with van der Waals surface area (Å²) in [7, 11) is 0. The number of nitrogens with two attached hydrogens (primary N) is 1. The molecule has 2 N–H and O–H groups in total. The summed E-state index contributed by atoms with van der Waals surface area (Å²) in [6, 6.07) is 6.33. The van der Waals surface area contributed by atoms with Gasteiger partial charge in [0.2, 0.25) is 0 Å². The summed E-state index contributed by atoms with van der Waals surface area (Å²) in [5, 5.41) is 0.834. The van der Waals surface area contributed by atoms with Gasteiger partial charge in [0.15, 0.2) is 0 Å². The molecule has 2 unspecified atom stereocenters. The van der Waals surface area contributed by atoms with E-state index in [0.29, 0.717) is 6.54 Å². The van der Waals surface area contributed by atoms with E-state index in [1.165, 1.54) is 29.5 Å². The number of halogens is 1. The molecular weight excluding hydrogens is 218 g/mol. The maximum Gasteiger partial charge on any atom is 0.0412 e. The van der Waals surface area contributed by atoms with Crippen molar-refractivity contribution in [3.05, 3.63) is 40.4 Å². The SMILES string of the molecule is NCCC1=CCC2CC2c2ccc(Cl)cc21. The topological polar surface area (TPSA) is 26.0 Å². The molecule has 0 aliphatic heterocycles. The molecule has 0 bridgehead atoms. The minimum atomic E-state index is 0.715. The lowest BCUT2D eigenvalue weighted by Crippen LogP contribution is -2.01. The lowest BCUT2D eigenvalue weighted by Gasteiger charge is -2.11. The van der Waals surface area contributed by atoms with Crippen molar-refractivity contribution in [3.8, 4) is 0 Å². The number of hydrogen-bond donors (Lipinski definition) is 1. The average molecular weight is 234 g/mol. The summed E-state index contributed by atoms with van der Waals surface area (Å²) in [5.41, 5.74) is 9.92. The monoisotopic (exact) mass is 233 g/mol. The summed E-state index contributed by atoms with van der Waals surface area (Å²) < 4.78 is 0. The van der Waals surface area contributed by atoms with Gasteiger partial charge < -0.3 is 5.73 Å². The normalized spacial score (nSPS) is 26.5. The predicted molar refractivity (Wildman–Crippen MR) is 68.6 cm³/mol.